The first-order chi connectivity index (χ1) is 8.83. The van der Waals surface area contributed by atoms with Crippen molar-refractivity contribution in [3.05, 3.63) is 51.7 Å². The molecule has 1 N–H and O–H groups in total. The third-order valence-electron chi connectivity index (χ3n) is 3.34. The molecule has 2 heterocycles. The highest BCUT2D eigenvalue weighted by atomic mass is 32.1. The molecule has 94 valence electrons. The minimum atomic E-state index is 0.412. The monoisotopic (exact) mass is 259 g/mol. The highest BCUT2D eigenvalue weighted by molar-refractivity contribution is 7.10. The molecule has 0 fully saturated rings. The van der Waals surface area contributed by atoms with Crippen LogP contribution in [-0.4, -0.2) is 6.61 Å². The molecule has 0 spiro atoms. The Morgan fingerprint density at radius 3 is 3.17 bits per heavy atom. The van der Waals surface area contributed by atoms with Gasteiger partial charge in [0, 0.05) is 23.9 Å². The van der Waals surface area contributed by atoms with E-state index in [1.807, 2.05) is 0 Å². The lowest BCUT2D eigenvalue weighted by Crippen LogP contribution is -2.17. The summed E-state index contributed by atoms with van der Waals surface area (Å²) >= 11 is 1.80. The number of fused-ring (bicyclic) bond motifs is 1. The summed E-state index contributed by atoms with van der Waals surface area (Å²) < 4.78 is 5.52. The van der Waals surface area contributed by atoms with Crippen LogP contribution < -0.4 is 10.1 Å². The first kappa shape index (κ1) is 11.8. The first-order valence-corrected chi connectivity index (χ1v) is 7.22. The molecule has 0 saturated carbocycles. The van der Waals surface area contributed by atoms with Crippen LogP contribution in [-0.2, 0) is 13.0 Å². The van der Waals surface area contributed by atoms with Gasteiger partial charge in [0.05, 0.1) is 6.61 Å². The standard InChI is InChI=1S/C15H17NOS/c1-11(15-3-2-8-18-15)16-10-12-4-5-14-13(9-12)6-7-17-14/h2-5,8-9,11,16H,6-7,10H2,1H3/t11-/m1/s1. The van der Waals surface area contributed by atoms with Crippen molar-refractivity contribution in [3.63, 3.8) is 0 Å². The van der Waals surface area contributed by atoms with Crippen LogP contribution in [0.5, 0.6) is 5.75 Å². The Kier molecular flexibility index (Phi) is 3.35. The van der Waals surface area contributed by atoms with E-state index in [0.29, 0.717) is 6.04 Å². The highest BCUT2D eigenvalue weighted by Gasteiger charge is 2.12. The van der Waals surface area contributed by atoms with Crippen LogP contribution in [0.4, 0.5) is 0 Å². The maximum absolute atomic E-state index is 5.52. The maximum atomic E-state index is 5.52. The summed E-state index contributed by atoms with van der Waals surface area (Å²) in [6, 6.07) is 11.2. The van der Waals surface area contributed by atoms with Gasteiger partial charge in [0.1, 0.15) is 5.75 Å². The number of rotatable bonds is 4. The van der Waals surface area contributed by atoms with Gasteiger partial charge in [-0.15, -0.1) is 11.3 Å². The first-order valence-electron chi connectivity index (χ1n) is 6.34. The molecule has 3 rings (SSSR count). The van der Waals surface area contributed by atoms with E-state index in [2.05, 4.69) is 48.0 Å². The van der Waals surface area contributed by atoms with Crippen LogP contribution in [0.2, 0.25) is 0 Å². The number of ether oxygens (including phenoxy) is 1. The Morgan fingerprint density at radius 1 is 1.39 bits per heavy atom. The fourth-order valence-corrected chi connectivity index (χ4v) is 3.02. The maximum Gasteiger partial charge on any atom is 0.122 e. The minimum absolute atomic E-state index is 0.412. The van der Waals surface area contributed by atoms with E-state index >= 15 is 0 Å². The van der Waals surface area contributed by atoms with Crippen molar-refractivity contribution in [1.82, 2.24) is 5.32 Å². The molecule has 0 saturated heterocycles. The normalized spacial score (nSPS) is 15.2. The van der Waals surface area contributed by atoms with Crippen molar-refractivity contribution in [2.45, 2.75) is 25.9 Å². The number of nitrogens with one attached hydrogen (secondary N) is 1. The molecular weight excluding hydrogens is 242 g/mol. The van der Waals surface area contributed by atoms with Gasteiger partial charge in [-0.25, -0.2) is 0 Å². The summed E-state index contributed by atoms with van der Waals surface area (Å²) in [4.78, 5) is 1.39. The molecule has 1 aliphatic heterocycles. The summed E-state index contributed by atoms with van der Waals surface area (Å²) in [6.45, 7) is 3.95. The predicted molar refractivity (Wildman–Crippen MR) is 75.2 cm³/mol. The van der Waals surface area contributed by atoms with Gasteiger partial charge in [0.2, 0.25) is 0 Å². The van der Waals surface area contributed by atoms with Crippen LogP contribution in [0.15, 0.2) is 35.7 Å². The second-order valence-corrected chi connectivity index (χ2v) is 5.64. The molecule has 0 amide bonds. The highest BCUT2D eigenvalue weighted by Crippen LogP contribution is 2.26. The van der Waals surface area contributed by atoms with Crippen LogP contribution >= 0.6 is 11.3 Å². The summed E-state index contributed by atoms with van der Waals surface area (Å²) in [6.07, 6.45) is 1.05. The van der Waals surface area contributed by atoms with Gasteiger partial charge in [-0.3, -0.25) is 0 Å². The van der Waals surface area contributed by atoms with E-state index in [9.17, 15) is 0 Å². The van der Waals surface area contributed by atoms with Crippen molar-refractivity contribution >= 4 is 11.3 Å². The SMILES string of the molecule is C[C@@H](NCc1ccc2c(c1)CCO2)c1cccs1. The molecule has 2 nitrogen and oxygen atoms in total. The molecule has 2 aromatic rings. The van der Waals surface area contributed by atoms with Crippen LogP contribution in [0.3, 0.4) is 0 Å². The van der Waals surface area contributed by atoms with Gasteiger partial charge in [0.15, 0.2) is 0 Å². The van der Waals surface area contributed by atoms with Crippen molar-refractivity contribution in [3.8, 4) is 5.75 Å². The van der Waals surface area contributed by atoms with E-state index in [1.54, 1.807) is 11.3 Å². The molecule has 18 heavy (non-hydrogen) atoms. The summed E-state index contributed by atoms with van der Waals surface area (Å²) in [7, 11) is 0. The fourth-order valence-electron chi connectivity index (χ4n) is 2.26. The van der Waals surface area contributed by atoms with Gasteiger partial charge in [-0.05, 0) is 35.6 Å². The molecule has 0 radical (unpaired) electrons. The zero-order valence-electron chi connectivity index (χ0n) is 10.5. The molecule has 1 aromatic carbocycles. The topological polar surface area (TPSA) is 21.3 Å². The lowest BCUT2D eigenvalue weighted by Gasteiger charge is -2.12. The molecule has 3 heteroatoms. The lowest BCUT2D eigenvalue weighted by atomic mass is 10.1. The number of benzene rings is 1. The van der Waals surface area contributed by atoms with E-state index in [1.165, 1.54) is 16.0 Å². The fraction of sp³-hybridized carbons (Fsp3) is 0.333. The van der Waals surface area contributed by atoms with Crippen molar-refractivity contribution in [2.75, 3.05) is 6.61 Å². The van der Waals surface area contributed by atoms with E-state index in [0.717, 1.165) is 25.3 Å². The molecule has 0 bridgehead atoms. The zero-order valence-corrected chi connectivity index (χ0v) is 11.3. The molecular formula is C15H17NOS. The van der Waals surface area contributed by atoms with Gasteiger partial charge < -0.3 is 10.1 Å². The summed E-state index contributed by atoms with van der Waals surface area (Å²) in [5.74, 6) is 1.06. The third-order valence-corrected chi connectivity index (χ3v) is 4.39. The van der Waals surface area contributed by atoms with Gasteiger partial charge in [-0.2, -0.15) is 0 Å². The number of hydrogen-bond donors (Lipinski definition) is 1. The summed E-state index contributed by atoms with van der Waals surface area (Å²) in [5.41, 5.74) is 2.68. The van der Waals surface area contributed by atoms with Crippen LogP contribution in [0.25, 0.3) is 0 Å². The predicted octanol–water partition coefficient (Wildman–Crippen LogP) is 3.53. The Bertz CT molecular complexity index is 521. The number of hydrogen-bond acceptors (Lipinski definition) is 3. The Labute approximate surface area is 112 Å². The Hall–Kier alpha value is -1.32. The average Bonchev–Trinajstić information content (AvgIpc) is 3.05. The quantitative estimate of drug-likeness (QED) is 0.907. The molecule has 0 unspecified atom stereocenters. The van der Waals surface area contributed by atoms with Gasteiger partial charge in [0.25, 0.3) is 0 Å². The molecule has 0 aliphatic carbocycles. The van der Waals surface area contributed by atoms with Gasteiger partial charge >= 0.3 is 0 Å². The summed E-state index contributed by atoms with van der Waals surface area (Å²) in [5, 5.41) is 5.69. The number of thiophene rings is 1. The van der Waals surface area contributed by atoms with E-state index in [-0.39, 0.29) is 0 Å². The van der Waals surface area contributed by atoms with Crippen molar-refractivity contribution < 1.29 is 4.74 Å². The lowest BCUT2D eigenvalue weighted by molar-refractivity contribution is 0.357. The van der Waals surface area contributed by atoms with Crippen LogP contribution in [0, 0.1) is 0 Å². The molecule has 1 aromatic heterocycles. The minimum Gasteiger partial charge on any atom is -0.493 e. The Balaban J connectivity index is 1.63. The van der Waals surface area contributed by atoms with Crippen molar-refractivity contribution in [2.24, 2.45) is 0 Å². The van der Waals surface area contributed by atoms with Crippen molar-refractivity contribution in [1.29, 1.82) is 0 Å². The van der Waals surface area contributed by atoms with E-state index < -0.39 is 0 Å². The smallest absolute Gasteiger partial charge is 0.122 e. The largest absolute Gasteiger partial charge is 0.493 e. The second kappa shape index (κ2) is 5.12. The van der Waals surface area contributed by atoms with Gasteiger partial charge in [-0.1, -0.05) is 18.2 Å². The third kappa shape index (κ3) is 2.42. The van der Waals surface area contributed by atoms with Crippen LogP contribution in [0.1, 0.15) is 29.0 Å². The molecule has 1 aliphatic rings. The average molecular weight is 259 g/mol. The Morgan fingerprint density at radius 2 is 2.33 bits per heavy atom. The van der Waals surface area contributed by atoms with E-state index in [4.69, 9.17) is 4.74 Å². The zero-order chi connectivity index (χ0) is 12.4. The second-order valence-electron chi connectivity index (χ2n) is 4.66. The molecule has 1 atom stereocenters.